The van der Waals surface area contributed by atoms with E-state index in [1.165, 1.54) is 0 Å². The number of ether oxygens (including phenoxy) is 1. The van der Waals surface area contributed by atoms with E-state index in [2.05, 4.69) is 13.2 Å². The van der Waals surface area contributed by atoms with Gasteiger partial charge in [0.25, 0.3) is 5.91 Å². The second-order valence-corrected chi connectivity index (χ2v) is 12.2. The molecule has 206 valence electrons. The van der Waals surface area contributed by atoms with Crippen LogP contribution in [0.3, 0.4) is 0 Å². The standard InChI is InChI=1S/C29H37ClN2O5S/c1-3-5-6-11-19-37-28(36)23-22-14-15-29(38-22)24(23)26(34)32(17-9-10-18-33)25(29)27(35)31(16-4-2)21-13-8-7-12-20(21)30/h3-4,7-8,12-13,22-25,33H,1-2,5-6,9-11,14-19H2/t22-,23+,24+,25?,29?/m1/s1. The van der Waals surface area contributed by atoms with Crippen LogP contribution < -0.4 is 4.90 Å². The predicted molar refractivity (Wildman–Crippen MR) is 151 cm³/mol. The van der Waals surface area contributed by atoms with Gasteiger partial charge in [-0.1, -0.05) is 35.9 Å². The predicted octanol–water partition coefficient (Wildman–Crippen LogP) is 4.62. The van der Waals surface area contributed by atoms with Crippen molar-refractivity contribution in [3.63, 3.8) is 0 Å². The third-order valence-corrected chi connectivity index (χ3v) is 10.2. The van der Waals surface area contributed by atoms with Gasteiger partial charge in [0.15, 0.2) is 0 Å². The Bertz CT molecular complexity index is 1070. The fraction of sp³-hybridized carbons (Fsp3) is 0.552. The monoisotopic (exact) mass is 560 g/mol. The van der Waals surface area contributed by atoms with Crippen LogP contribution in [0.25, 0.3) is 0 Å². The number of thioether (sulfide) groups is 1. The largest absolute Gasteiger partial charge is 0.465 e. The number of hydrogen-bond donors (Lipinski definition) is 1. The molecule has 2 unspecified atom stereocenters. The third-order valence-electron chi connectivity index (χ3n) is 7.88. The lowest BCUT2D eigenvalue weighted by molar-refractivity contribution is -0.154. The highest BCUT2D eigenvalue weighted by atomic mass is 35.5. The number of hydrogen-bond acceptors (Lipinski definition) is 6. The molecule has 9 heteroatoms. The van der Waals surface area contributed by atoms with Gasteiger partial charge in [-0.05, 0) is 57.1 Å². The fourth-order valence-electron chi connectivity index (χ4n) is 6.25. The first kappa shape index (κ1) is 28.7. The molecule has 4 rings (SSSR count). The minimum Gasteiger partial charge on any atom is -0.465 e. The van der Waals surface area contributed by atoms with Gasteiger partial charge in [-0.25, -0.2) is 0 Å². The molecule has 1 N–H and O–H groups in total. The summed E-state index contributed by atoms with van der Waals surface area (Å²) in [4.78, 5) is 45.0. The molecule has 0 aliphatic carbocycles. The summed E-state index contributed by atoms with van der Waals surface area (Å²) < 4.78 is 4.96. The van der Waals surface area contributed by atoms with Crippen LogP contribution in [-0.2, 0) is 19.1 Å². The molecule has 3 aliphatic rings. The number of halogens is 1. The normalized spacial score (nSPS) is 27.3. The second kappa shape index (κ2) is 12.7. The highest BCUT2D eigenvalue weighted by Crippen LogP contribution is 2.66. The Morgan fingerprint density at radius 3 is 2.71 bits per heavy atom. The third kappa shape index (κ3) is 5.27. The number of aliphatic hydroxyl groups is 1. The van der Waals surface area contributed by atoms with Gasteiger partial charge in [0.1, 0.15) is 6.04 Å². The van der Waals surface area contributed by atoms with Crippen LogP contribution in [0.4, 0.5) is 5.69 Å². The molecule has 3 fully saturated rings. The maximum absolute atomic E-state index is 14.4. The lowest BCUT2D eigenvalue weighted by Gasteiger charge is -2.37. The molecule has 3 heterocycles. The number of carbonyl (C=O) groups excluding carboxylic acids is 3. The molecule has 1 spiro atoms. The number of rotatable bonds is 14. The first-order valence-corrected chi connectivity index (χ1v) is 14.7. The van der Waals surface area contributed by atoms with Crippen molar-refractivity contribution in [1.29, 1.82) is 0 Å². The Balaban J connectivity index is 1.65. The van der Waals surface area contributed by atoms with E-state index in [4.69, 9.17) is 16.3 Å². The Hall–Kier alpha value is -2.29. The van der Waals surface area contributed by atoms with Crippen LogP contribution in [0.2, 0.25) is 5.02 Å². The number of fused-ring (bicyclic) bond motifs is 1. The Morgan fingerprint density at radius 1 is 1.21 bits per heavy atom. The number of nitrogens with zero attached hydrogens (tertiary/aromatic N) is 2. The molecule has 0 saturated carbocycles. The molecule has 38 heavy (non-hydrogen) atoms. The van der Waals surface area contributed by atoms with Gasteiger partial charge >= 0.3 is 5.97 Å². The number of amides is 2. The van der Waals surface area contributed by atoms with E-state index < -0.39 is 22.6 Å². The maximum Gasteiger partial charge on any atom is 0.310 e. The van der Waals surface area contributed by atoms with Crippen LogP contribution in [0.15, 0.2) is 49.6 Å². The minimum atomic E-state index is -0.740. The SMILES string of the molecule is C=CCCCCOC(=O)[C@@H]1[C@H]2C(=O)N(CCCCO)C(C(=O)N(CC=C)c3ccccc3Cl)C23CC[C@H]1S3. The van der Waals surface area contributed by atoms with Crippen molar-refractivity contribution in [2.24, 2.45) is 11.8 Å². The zero-order valence-electron chi connectivity index (χ0n) is 21.7. The topological polar surface area (TPSA) is 87.1 Å². The summed E-state index contributed by atoms with van der Waals surface area (Å²) in [5.74, 6) is -1.89. The summed E-state index contributed by atoms with van der Waals surface area (Å²) in [6, 6.07) is 6.41. The number of unbranched alkanes of at least 4 members (excludes halogenated alkanes) is 3. The van der Waals surface area contributed by atoms with Crippen molar-refractivity contribution in [2.75, 3.05) is 31.2 Å². The van der Waals surface area contributed by atoms with Gasteiger partial charge in [-0.3, -0.25) is 14.4 Å². The van der Waals surface area contributed by atoms with E-state index in [0.717, 1.165) is 25.7 Å². The van der Waals surface area contributed by atoms with E-state index >= 15 is 0 Å². The van der Waals surface area contributed by atoms with Crippen LogP contribution in [0, 0.1) is 11.8 Å². The number of para-hydroxylation sites is 1. The zero-order chi connectivity index (χ0) is 27.3. The van der Waals surface area contributed by atoms with Crippen molar-refractivity contribution in [3.05, 3.63) is 54.6 Å². The van der Waals surface area contributed by atoms with Gasteiger partial charge in [-0.2, -0.15) is 0 Å². The molecule has 1 aromatic carbocycles. The molecular weight excluding hydrogens is 524 g/mol. The summed E-state index contributed by atoms with van der Waals surface area (Å²) in [7, 11) is 0. The smallest absolute Gasteiger partial charge is 0.310 e. The number of allylic oxidation sites excluding steroid dienone is 1. The number of carbonyl (C=O) groups is 3. The molecule has 5 atom stereocenters. The summed E-state index contributed by atoms with van der Waals surface area (Å²) >= 11 is 8.12. The first-order valence-electron chi connectivity index (χ1n) is 13.4. The van der Waals surface area contributed by atoms with E-state index in [0.29, 0.717) is 43.1 Å². The Kier molecular flexibility index (Phi) is 9.60. The highest BCUT2D eigenvalue weighted by molar-refractivity contribution is 8.02. The minimum absolute atomic E-state index is 0.00898. The van der Waals surface area contributed by atoms with Gasteiger partial charge in [0.2, 0.25) is 5.91 Å². The summed E-state index contributed by atoms with van der Waals surface area (Å²) in [6.07, 6.45) is 8.51. The fourth-order valence-corrected chi connectivity index (χ4v) is 8.69. The molecule has 3 aliphatic heterocycles. The highest BCUT2D eigenvalue weighted by Gasteiger charge is 2.74. The van der Waals surface area contributed by atoms with Crippen molar-refractivity contribution >= 4 is 46.8 Å². The van der Waals surface area contributed by atoms with Crippen LogP contribution in [-0.4, -0.2) is 70.1 Å². The molecule has 3 saturated heterocycles. The molecule has 0 aromatic heterocycles. The van der Waals surface area contributed by atoms with Crippen LogP contribution in [0.5, 0.6) is 0 Å². The number of anilines is 1. The van der Waals surface area contributed by atoms with Crippen LogP contribution >= 0.6 is 23.4 Å². The van der Waals surface area contributed by atoms with Gasteiger partial charge in [-0.15, -0.1) is 24.9 Å². The molecule has 2 amide bonds. The number of aliphatic hydroxyl groups excluding tert-OH is 1. The average molecular weight is 561 g/mol. The number of likely N-dealkylation sites (tertiary alicyclic amines) is 1. The molecule has 2 bridgehead atoms. The summed E-state index contributed by atoms with van der Waals surface area (Å²) in [6.45, 7) is 8.46. The summed E-state index contributed by atoms with van der Waals surface area (Å²) in [5, 5.41) is 9.75. The first-order chi connectivity index (χ1) is 18.4. The molecule has 0 radical (unpaired) electrons. The molecule has 1 aromatic rings. The lowest BCUT2D eigenvalue weighted by atomic mass is 9.71. The number of benzene rings is 1. The average Bonchev–Trinajstić information content (AvgIpc) is 3.55. The second-order valence-electron chi connectivity index (χ2n) is 10.2. The molecule has 7 nitrogen and oxygen atoms in total. The lowest BCUT2D eigenvalue weighted by Crippen LogP contribution is -2.55. The van der Waals surface area contributed by atoms with Gasteiger partial charge < -0.3 is 19.6 Å². The van der Waals surface area contributed by atoms with Gasteiger partial charge in [0, 0.05) is 24.9 Å². The Labute approximate surface area is 234 Å². The summed E-state index contributed by atoms with van der Waals surface area (Å²) in [5.41, 5.74) is 0.565. The van der Waals surface area contributed by atoms with E-state index in [1.807, 2.05) is 12.1 Å². The quantitative estimate of drug-likeness (QED) is 0.203. The van der Waals surface area contributed by atoms with E-state index in [-0.39, 0.29) is 36.2 Å². The van der Waals surface area contributed by atoms with Crippen molar-refractivity contribution < 1.29 is 24.2 Å². The van der Waals surface area contributed by atoms with Crippen molar-refractivity contribution in [1.82, 2.24) is 4.90 Å². The van der Waals surface area contributed by atoms with E-state index in [1.54, 1.807) is 45.8 Å². The number of esters is 1. The molecular formula is C29H37ClN2O5S. The van der Waals surface area contributed by atoms with Gasteiger partial charge in [0.05, 0.1) is 33.9 Å². The Morgan fingerprint density at radius 2 is 2.00 bits per heavy atom. The van der Waals surface area contributed by atoms with Crippen LogP contribution in [0.1, 0.15) is 44.9 Å². The van der Waals surface area contributed by atoms with E-state index in [9.17, 15) is 19.5 Å². The van der Waals surface area contributed by atoms with Crippen molar-refractivity contribution in [2.45, 2.75) is 61.0 Å². The zero-order valence-corrected chi connectivity index (χ0v) is 23.3. The maximum atomic E-state index is 14.4. The van der Waals surface area contributed by atoms with Crippen molar-refractivity contribution in [3.8, 4) is 0 Å².